The van der Waals surface area contributed by atoms with Crippen molar-refractivity contribution >= 4 is 18.3 Å². The highest BCUT2D eigenvalue weighted by Crippen LogP contribution is 1.85. The lowest BCUT2D eigenvalue weighted by atomic mass is 10.3. The number of amides is 1. The van der Waals surface area contributed by atoms with Gasteiger partial charge < -0.3 is 5.32 Å². The molecule has 0 aliphatic heterocycles. The van der Waals surface area contributed by atoms with E-state index in [9.17, 15) is 4.79 Å². The van der Waals surface area contributed by atoms with Crippen molar-refractivity contribution in [2.75, 3.05) is 26.2 Å². The van der Waals surface area contributed by atoms with Gasteiger partial charge >= 0.3 is 0 Å². The molecule has 3 nitrogen and oxygen atoms in total. The maximum absolute atomic E-state index is 11.1. The second-order valence-electron chi connectivity index (χ2n) is 3.34. The van der Waals surface area contributed by atoms with Gasteiger partial charge in [-0.15, -0.1) is 12.4 Å². The van der Waals surface area contributed by atoms with Crippen LogP contribution in [0.2, 0.25) is 0 Å². The summed E-state index contributed by atoms with van der Waals surface area (Å²) in [5.74, 6) is 6.09. The number of hydrogen-bond donors (Lipinski definition) is 1. The summed E-state index contributed by atoms with van der Waals surface area (Å²) in [6.45, 7) is 9.53. The van der Waals surface area contributed by atoms with E-state index in [1.54, 1.807) is 0 Å². The average Bonchev–Trinajstić information content (AvgIpc) is 2.24. The van der Waals surface area contributed by atoms with Crippen LogP contribution >= 0.6 is 12.4 Å². The predicted octanol–water partition coefficient (Wildman–Crippen LogP) is 1.67. The molecule has 0 aromatic heterocycles. The normalized spacial score (nSPS) is 9.00. The molecule has 0 saturated heterocycles. The Morgan fingerprint density at radius 2 is 1.81 bits per heavy atom. The maximum Gasteiger partial charge on any atom is 0.220 e. The van der Waals surface area contributed by atoms with Gasteiger partial charge in [-0.3, -0.25) is 9.69 Å². The minimum absolute atomic E-state index is 0. The zero-order valence-corrected chi connectivity index (χ0v) is 11.3. The molecular formula is C12H23ClN2O. The molecule has 0 aliphatic carbocycles. The van der Waals surface area contributed by atoms with Crippen molar-refractivity contribution in [3.63, 3.8) is 0 Å². The van der Waals surface area contributed by atoms with Crippen molar-refractivity contribution in [1.29, 1.82) is 0 Å². The van der Waals surface area contributed by atoms with Gasteiger partial charge in [0.1, 0.15) is 0 Å². The van der Waals surface area contributed by atoms with Gasteiger partial charge in [0.25, 0.3) is 0 Å². The minimum atomic E-state index is 0. The van der Waals surface area contributed by atoms with E-state index in [0.717, 1.165) is 26.1 Å². The Labute approximate surface area is 105 Å². The van der Waals surface area contributed by atoms with Crippen LogP contribution in [0.25, 0.3) is 0 Å². The van der Waals surface area contributed by atoms with Crippen molar-refractivity contribution in [2.24, 2.45) is 0 Å². The standard InChI is InChI=1S/C12H22N2O.ClH/c1-4-9-12(15)13-10-7-8-11-14(5-2)6-3;/h4-6,9-11H2,1-3H3,(H,13,15);1H. The third-order valence-electron chi connectivity index (χ3n) is 2.17. The van der Waals surface area contributed by atoms with Gasteiger partial charge in [-0.25, -0.2) is 0 Å². The molecule has 0 spiro atoms. The highest BCUT2D eigenvalue weighted by molar-refractivity contribution is 5.85. The molecule has 0 saturated carbocycles. The van der Waals surface area contributed by atoms with Crippen molar-refractivity contribution in [1.82, 2.24) is 10.2 Å². The van der Waals surface area contributed by atoms with Gasteiger partial charge in [0.15, 0.2) is 0 Å². The van der Waals surface area contributed by atoms with E-state index in [0.29, 0.717) is 13.0 Å². The molecule has 0 rings (SSSR count). The summed E-state index contributed by atoms with van der Waals surface area (Å²) in [4.78, 5) is 13.3. The van der Waals surface area contributed by atoms with Crippen LogP contribution in [0.1, 0.15) is 33.6 Å². The van der Waals surface area contributed by atoms with Crippen LogP contribution in [0.4, 0.5) is 0 Å². The van der Waals surface area contributed by atoms with Crippen LogP contribution in [0.3, 0.4) is 0 Å². The number of halogens is 1. The highest BCUT2D eigenvalue weighted by atomic mass is 35.5. The van der Waals surface area contributed by atoms with Crippen LogP contribution in [0.5, 0.6) is 0 Å². The van der Waals surface area contributed by atoms with Crippen LogP contribution < -0.4 is 5.32 Å². The Bertz CT molecular complexity index is 229. The molecule has 4 heteroatoms. The van der Waals surface area contributed by atoms with E-state index in [1.807, 2.05) is 6.92 Å². The molecule has 94 valence electrons. The summed E-state index contributed by atoms with van der Waals surface area (Å²) in [6, 6.07) is 0. The lowest BCUT2D eigenvalue weighted by Gasteiger charge is -2.13. The molecule has 16 heavy (non-hydrogen) atoms. The van der Waals surface area contributed by atoms with E-state index in [-0.39, 0.29) is 18.3 Å². The molecule has 0 atom stereocenters. The molecule has 0 radical (unpaired) electrons. The molecule has 0 fully saturated rings. The first-order chi connectivity index (χ1) is 7.24. The lowest BCUT2D eigenvalue weighted by molar-refractivity contribution is -0.120. The summed E-state index contributed by atoms with van der Waals surface area (Å²) < 4.78 is 0. The fourth-order valence-electron chi connectivity index (χ4n) is 1.14. The van der Waals surface area contributed by atoms with E-state index < -0.39 is 0 Å². The summed E-state index contributed by atoms with van der Waals surface area (Å²) in [5.41, 5.74) is 0. The van der Waals surface area contributed by atoms with E-state index in [4.69, 9.17) is 0 Å². The summed E-state index contributed by atoms with van der Waals surface area (Å²) in [6.07, 6.45) is 1.48. The first kappa shape index (κ1) is 17.7. The van der Waals surface area contributed by atoms with Crippen LogP contribution in [-0.2, 0) is 4.79 Å². The van der Waals surface area contributed by atoms with Crippen LogP contribution in [0.15, 0.2) is 0 Å². The number of carbonyl (C=O) groups is 1. The molecule has 0 aliphatic rings. The number of carbonyl (C=O) groups excluding carboxylic acids is 1. The van der Waals surface area contributed by atoms with E-state index in [1.165, 1.54) is 0 Å². The SMILES string of the molecule is CCCC(=O)NCC#CCN(CC)CC.Cl. The van der Waals surface area contributed by atoms with E-state index in [2.05, 4.69) is 35.9 Å². The molecule has 0 aromatic rings. The largest absolute Gasteiger partial charge is 0.345 e. The second-order valence-corrected chi connectivity index (χ2v) is 3.34. The summed E-state index contributed by atoms with van der Waals surface area (Å²) in [5, 5.41) is 2.76. The number of rotatable bonds is 6. The van der Waals surface area contributed by atoms with Gasteiger partial charge in [-0.1, -0.05) is 32.6 Å². The third kappa shape index (κ3) is 9.82. The van der Waals surface area contributed by atoms with Gasteiger partial charge in [0.05, 0.1) is 13.1 Å². The first-order valence-electron chi connectivity index (χ1n) is 5.69. The Balaban J connectivity index is 0. The Morgan fingerprint density at radius 3 is 2.31 bits per heavy atom. The van der Waals surface area contributed by atoms with Crippen molar-refractivity contribution < 1.29 is 4.79 Å². The van der Waals surface area contributed by atoms with Crippen molar-refractivity contribution in [2.45, 2.75) is 33.6 Å². The van der Waals surface area contributed by atoms with Gasteiger partial charge in [-0.05, 0) is 19.5 Å². The Kier molecular flexibility index (Phi) is 13.6. The molecule has 1 amide bonds. The Morgan fingerprint density at radius 1 is 1.19 bits per heavy atom. The number of hydrogen-bond acceptors (Lipinski definition) is 2. The molecule has 1 N–H and O–H groups in total. The topological polar surface area (TPSA) is 32.3 Å². The smallest absolute Gasteiger partial charge is 0.220 e. The van der Waals surface area contributed by atoms with Gasteiger partial charge in [0, 0.05) is 6.42 Å². The van der Waals surface area contributed by atoms with Crippen LogP contribution in [0, 0.1) is 11.8 Å². The van der Waals surface area contributed by atoms with Gasteiger partial charge in [0.2, 0.25) is 5.91 Å². The maximum atomic E-state index is 11.1. The van der Waals surface area contributed by atoms with Gasteiger partial charge in [-0.2, -0.15) is 0 Å². The second kappa shape index (κ2) is 12.4. The molecule has 0 heterocycles. The highest BCUT2D eigenvalue weighted by Gasteiger charge is 1.95. The minimum Gasteiger partial charge on any atom is -0.345 e. The fraction of sp³-hybridized carbons (Fsp3) is 0.750. The van der Waals surface area contributed by atoms with E-state index >= 15 is 0 Å². The quantitative estimate of drug-likeness (QED) is 0.724. The van der Waals surface area contributed by atoms with Crippen molar-refractivity contribution in [3.8, 4) is 11.8 Å². The summed E-state index contributed by atoms with van der Waals surface area (Å²) >= 11 is 0. The third-order valence-corrected chi connectivity index (χ3v) is 2.17. The number of nitrogens with zero attached hydrogens (tertiary/aromatic N) is 1. The molecule has 0 unspecified atom stereocenters. The van der Waals surface area contributed by atoms with Crippen LogP contribution in [-0.4, -0.2) is 37.0 Å². The zero-order valence-electron chi connectivity index (χ0n) is 10.5. The lowest BCUT2D eigenvalue weighted by Crippen LogP contribution is -2.24. The Hall–Kier alpha value is -0.720. The monoisotopic (exact) mass is 246 g/mol. The average molecular weight is 247 g/mol. The first-order valence-corrected chi connectivity index (χ1v) is 5.69. The number of nitrogens with one attached hydrogen (secondary N) is 1. The molecular weight excluding hydrogens is 224 g/mol. The zero-order chi connectivity index (χ0) is 11.5. The van der Waals surface area contributed by atoms with Crippen molar-refractivity contribution in [3.05, 3.63) is 0 Å². The predicted molar refractivity (Wildman–Crippen MR) is 70.7 cm³/mol. The fourth-order valence-corrected chi connectivity index (χ4v) is 1.14. The molecule has 0 bridgehead atoms. The summed E-state index contributed by atoms with van der Waals surface area (Å²) in [7, 11) is 0. The molecule has 0 aromatic carbocycles.